The van der Waals surface area contributed by atoms with Crippen LogP contribution < -0.4 is 4.90 Å². The zero-order valence-electron chi connectivity index (χ0n) is 12.7. The van der Waals surface area contributed by atoms with Crippen molar-refractivity contribution in [2.45, 2.75) is 18.9 Å². The van der Waals surface area contributed by atoms with Crippen LogP contribution in [-0.2, 0) is 9.53 Å². The number of carbonyl (C=O) groups is 1. The second kappa shape index (κ2) is 6.32. The average molecular weight is 300 g/mol. The molecule has 0 spiro atoms. The minimum Gasteiger partial charge on any atom is -0.383 e. The molecule has 4 rings (SSSR count). The predicted molar refractivity (Wildman–Crippen MR) is 81.3 cm³/mol. The molecule has 2 bridgehead atoms. The van der Waals surface area contributed by atoms with Crippen LogP contribution in [0.4, 0.5) is 5.82 Å². The number of nitriles is 1. The van der Waals surface area contributed by atoms with E-state index in [9.17, 15) is 4.79 Å². The fourth-order valence-corrected chi connectivity index (χ4v) is 3.37. The van der Waals surface area contributed by atoms with Gasteiger partial charge in [0.15, 0.2) is 0 Å². The van der Waals surface area contributed by atoms with Crippen LogP contribution >= 0.6 is 0 Å². The summed E-state index contributed by atoms with van der Waals surface area (Å²) in [7, 11) is 1.66. The van der Waals surface area contributed by atoms with Crippen molar-refractivity contribution >= 4 is 11.7 Å². The summed E-state index contributed by atoms with van der Waals surface area (Å²) in [6.45, 7) is 2.67. The average Bonchev–Trinajstić information content (AvgIpc) is 2.84. The van der Waals surface area contributed by atoms with Gasteiger partial charge in [0.2, 0.25) is 5.91 Å². The second-order valence-corrected chi connectivity index (χ2v) is 5.87. The summed E-state index contributed by atoms with van der Waals surface area (Å²) in [4.78, 5) is 21.1. The fourth-order valence-electron chi connectivity index (χ4n) is 3.37. The number of carbonyl (C=O) groups excluding carboxylic acids is 1. The molecule has 0 aliphatic carbocycles. The van der Waals surface area contributed by atoms with Crippen molar-refractivity contribution in [3.8, 4) is 6.07 Å². The van der Waals surface area contributed by atoms with Crippen molar-refractivity contribution < 1.29 is 9.53 Å². The third-order valence-corrected chi connectivity index (χ3v) is 4.53. The molecule has 3 saturated heterocycles. The first-order valence-electron chi connectivity index (χ1n) is 7.63. The van der Waals surface area contributed by atoms with Crippen LogP contribution in [0.1, 0.15) is 18.4 Å². The molecular weight excluding hydrogens is 280 g/mol. The van der Waals surface area contributed by atoms with E-state index < -0.39 is 0 Å². The van der Waals surface area contributed by atoms with Gasteiger partial charge in [-0.25, -0.2) is 4.98 Å². The first-order valence-corrected chi connectivity index (χ1v) is 7.63. The van der Waals surface area contributed by atoms with Crippen molar-refractivity contribution in [3.05, 3.63) is 23.9 Å². The molecule has 2 atom stereocenters. The summed E-state index contributed by atoms with van der Waals surface area (Å²) in [6.07, 6.45) is 3.61. The Labute approximate surface area is 130 Å². The minimum atomic E-state index is 0.0168. The van der Waals surface area contributed by atoms with Gasteiger partial charge in [0.1, 0.15) is 5.82 Å². The number of aromatic nitrogens is 1. The number of rotatable bonds is 4. The van der Waals surface area contributed by atoms with E-state index in [0.717, 1.165) is 25.2 Å². The van der Waals surface area contributed by atoms with E-state index in [1.807, 2.05) is 4.90 Å². The lowest BCUT2D eigenvalue weighted by Gasteiger charge is -2.35. The van der Waals surface area contributed by atoms with Gasteiger partial charge in [-0.1, -0.05) is 0 Å². The summed E-state index contributed by atoms with van der Waals surface area (Å²) in [5, 5.41) is 9.04. The quantitative estimate of drug-likeness (QED) is 0.830. The first kappa shape index (κ1) is 14.8. The predicted octanol–water partition coefficient (Wildman–Crippen LogP) is 1.03. The van der Waals surface area contributed by atoms with Crippen molar-refractivity contribution in [1.82, 2.24) is 9.88 Å². The summed E-state index contributed by atoms with van der Waals surface area (Å²) < 4.78 is 5.13. The minimum absolute atomic E-state index is 0.0168. The molecule has 116 valence electrons. The molecule has 0 aromatic carbocycles. The topological polar surface area (TPSA) is 69.5 Å². The third kappa shape index (κ3) is 2.77. The fraction of sp³-hybridized carbons (Fsp3) is 0.562. The third-order valence-electron chi connectivity index (χ3n) is 4.53. The molecular formula is C16H20N4O2. The highest BCUT2D eigenvalue weighted by Crippen LogP contribution is 2.31. The van der Waals surface area contributed by atoms with Crippen molar-refractivity contribution in [1.29, 1.82) is 5.26 Å². The molecule has 0 N–H and O–H groups in total. The zero-order chi connectivity index (χ0) is 15.5. The summed E-state index contributed by atoms with van der Waals surface area (Å²) >= 11 is 0. The summed E-state index contributed by atoms with van der Waals surface area (Å²) in [5.41, 5.74) is 0.601. The number of anilines is 1. The number of amides is 1. The highest BCUT2D eigenvalue weighted by Gasteiger charge is 2.40. The molecule has 0 saturated carbocycles. The first-order chi connectivity index (χ1) is 10.7. The molecule has 6 nitrogen and oxygen atoms in total. The molecule has 0 unspecified atom stereocenters. The maximum Gasteiger partial charge on any atom is 0.227 e. The van der Waals surface area contributed by atoms with E-state index in [1.165, 1.54) is 0 Å². The SMILES string of the molecule is COCCN1C(=O)[C@H]2CC[C@@H]1CN(c1cc(C#N)ccn1)C2. The van der Waals surface area contributed by atoms with Gasteiger partial charge in [-0.2, -0.15) is 5.26 Å². The van der Waals surface area contributed by atoms with E-state index in [2.05, 4.69) is 16.0 Å². The molecule has 1 aromatic heterocycles. The van der Waals surface area contributed by atoms with Gasteiger partial charge in [-0.05, 0) is 25.0 Å². The number of methoxy groups -OCH3 is 1. The smallest absolute Gasteiger partial charge is 0.227 e. The molecule has 22 heavy (non-hydrogen) atoms. The van der Waals surface area contributed by atoms with Crippen LogP contribution in [0.5, 0.6) is 0 Å². The number of ether oxygens (including phenoxy) is 1. The molecule has 4 heterocycles. The van der Waals surface area contributed by atoms with Gasteiger partial charge in [0, 0.05) is 39.0 Å². The maximum atomic E-state index is 12.6. The van der Waals surface area contributed by atoms with Crippen molar-refractivity contribution in [2.24, 2.45) is 5.92 Å². The number of hydrogen-bond donors (Lipinski definition) is 0. The standard InChI is InChI=1S/C16H20N4O2/c1-22-7-6-20-14-3-2-13(16(20)21)10-19(11-14)15-8-12(9-17)4-5-18-15/h4-5,8,13-14H,2-3,6-7,10-11H2,1H3/t13-,14+/m0/s1. The molecule has 1 amide bonds. The van der Waals surface area contributed by atoms with Gasteiger partial charge in [0.05, 0.1) is 24.2 Å². The van der Waals surface area contributed by atoms with Crippen LogP contribution in [-0.4, -0.2) is 55.2 Å². The Kier molecular flexibility index (Phi) is 4.25. The Morgan fingerprint density at radius 1 is 1.45 bits per heavy atom. The van der Waals surface area contributed by atoms with Crippen LogP contribution in [0.2, 0.25) is 0 Å². The normalized spacial score (nSPS) is 24.3. The van der Waals surface area contributed by atoms with Gasteiger partial charge >= 0.3 is 0 Å². The van der Waals surface area contributed by atoms with E-state index >= 15 is 0 Å². The molecule has 6 heteroatoms. The van der Waals surface area contributed by atoms with E-state index in [0.29, 0.717) is 25.3 Å². The van der Waals surface area contributed by atoms with Gasteiger partial charge in [-0.3, -0.25) is 4.79 Å². The lowest BCUT2D eigenvalue weighted by atomic mass is 9.94. The van der Waals surface area contributed by atoms with Crippen LogP contribution in [0.25, 0.3) is 0 Å². The number of hydrogen-bond acceptors (Lipinski definition) is 5. The largest absolute Gasteiger partial charge is 0.383 e. The highest BCUT2D eigenvalue weighted by molar-refractivity contribution is 5.81. The number of fused-ring (bicyclic) bond motifs is 4. The number of pyridine rings is 1. The Balaban J connectivity index is 1.82. The lowest BCUT2D eigenvalue weighted by molar-refractivity contribution is -0.140. The Hall–Kier alpha value is -2.13. The van der Waals surface area contributed by atoms with Crippen LogP contribution in [0.15, 0.2) is 18.3 Å². The lowest BCUT2D eigenvalue weighted by Crippen LogP contribution is -2.49. The number of piperidine rings is 1. The molecule has 0 radical (unpaired) electrons. The van der Waals surface area contributed by atoms with Gasteiger partial charge < -0.3 is 14.5 Å². The Bertz CT molecular complexity index is 598. The number of nitrogens with zero attached hydrogens (tertiary/aromatic N) is 4. The second-order valence-electron chi connectivity index (χ2n) is 5.87. The van der Waals surface area contributed by atoms with Crippen molar-refractivity contribution in [3.63, 3.8) is 0 Å². The van der Waals surface area contributed by atoms with Gasteiger partial charge in [0.25, 0.3) is 0 Å². The van der Waals surface area contributed by atoms with E-state index in [1.54, 1.807) is 25.4 Å². The van der Waals surface area contributed by atoms with Gasteiger partial charge in [-0.15, -0.1) is 0 Å². The molecule has 3 aliphatic heterocycles. The Morgan fingerprint density at radius 3 is 3.09 bits per heavy atom. The molecule has 1 aromatic rings. The highest BCUT2D eigenvalue weighted by atomic mass is 16.5. The maximum absolute atomic E-state index is 12.6. The Morgan fingerprint density at radius 2 is 2.32 bits per heavy atom. The van der Waals surface area contributed by atoms with E-state index in [4.69, 9.17) is 10.00 Å². The van der Waals surface area contributed by atoms with Crippen molar-refractivity contribution in [2.75, 3.05) is 38.3 Å². The van der Waals surface area contributed by atoms with Crippen LogP contribution in [0.3, 0.4) is 0 Å². The molecule has 3 aliphatic rings. The van der Waals surface area contributed by atoms with Crippen LogP contribution in [0, 0.1) is 17.2 Å². The summed E-state index contributed by atoms with van der Waals surface area (Å²) in [5.74, 6) is 1.03. The molecule has 3 fully saturated rings. The monoisotopic (exact) mass is 300 g/mol. The summed E-state index contributed by atoms with van der Waals surface area (Å²) in [6, 6.07) is 5.85. The van der Waals surface area contributed by atoms with E-state index in [-0.39, 0.29) is 17.9 Å². The zero-order valence-corrected chi connectivity index (χ0v) is 12.7.